The molecule has 0 bridgehead atoms. The van der Waals surface area contributed by atoms with Crippen LogP contribution in [0.15, 0.2) is 18.2 Å². The van der Waals surface area contributed by atoms with Gasteiger partial charge in [0.25, 0.3) is 0 Å². The van der Waals surface area contributed by atoms with Crippen LogP contribution in [-0.2, 0) is 5.75 Å². The summed E-state index contributed by atoms with van der Waals surface area (Å²) in [6.07, 6.45) is 0. The van der Waals surface area contributed by atoms with Gasteiger partial charge in [-0.15, -0.1) is 0 Å². The molecule has 0 aliphatic heterocycles. The standard InChI is InChI=1S/C13H21NOS/c1-9(2)10(3)16-8-11-7-12(14)5-6-13(11)15-4/h5-7,9-10H,8,14H2,1-4H3. The summed E-state index contributed by atoms with van der Waals surface area (Å²) >= 11 is 1.94. The van der Waals surface area contributed by atoms with Crippen molar-refractivity contribution in [2.24, 2.45) is 5.92 Å². The third-order valence-electron chi connectivity index (χ3n) is 2.75. The molecular formula is C13H21NOS. The number of methoxy groups -OCH3 is 1. The number of ether oxygens (including phenoxy) is 1. The van der Waals surface area contributed by atoms with E-state index in [0.717, 1.165) is 17.2 Å². The van der Waals surface area contributed by atoms with Crippen molar-refractivity contribution in [1.82, 2.24) is 0 Å². The molecule has 0 aromatic heterocycles. The molecular weight excluding hydrogens is 218 g/mol. The quantitative estimate of drug-likeness (QED) is 0.798. The largest absolute Gasteiger partial charge is 0.496 e. The zero-order valence-electron chi connectivity index (χ0n) is 10.5. The molecule has 3 heteroatoms. The topological polar surface area (TPSA) is 35.2 Å². The minimum absolute atomic E-state index is 0.645. The molecule has 1 unspecified atom stereocenters. The minimum atomic E-state index is 0.645. The summed E-state index contributed by atoms with van der Waals surface area (Å²) in [4.78, 5) is 0. The molecule has 0 heterocycles. The van der Waals surface area contributed by atoms with Crippen molar-refractivity contribution in [2.45, 2.75) is 31.8 Å². The van der Waals surface area contributed by atoms with Gasteiger partial charge in [-0.25, -0.2) is 0 Å². The van der Waals surface area contributed by atoms with E-state index < -0.39 is 0 Å². The van der Waals surface area contributed by atoms with E-state index in [-0.39, 0.29) is 0 Å². The lowest BCUT2D eigenvalue weighted by Gasteiger charge is -2.16. The first-order chi connectivity index (χ1) is 7.54. The number of benzene rings is 1. The monoisotopic (exact) mass is 239 g/mol. The van der Waals surface area contributed by atoms with Crippen molar-refractivity contribution in [3.8, 4) is 5.75 Å². The van der Waals surface area contributed by atoms with Gasteiger partial charge in [0.15, 0.2) is 0 Å². The van der Waals surface area contributed by atoms with Crippen molar-refractivity contribution in [3.63, 3.8) is 0 Å². The highest BCUT2D eigenvalue weighted by Crippen LogP contribution is 2.29. The highest BCUT2D eigenvalue weighted by molar-refractivity contribution is 7.99. The first kappa shape index (κ1) is 13.2. The second-order valence-electron chi connectivity index (χ2n) is 4.33. The van der Waals surface area contributed by atoms with Gasteiger partial charge in [0.1, 0.15) is 5.75 Å². The van der Waals surface area contributed by atoms with E-state index in [2.05, 4.69) is 20.8 Å². The van der Waals surface area contributed by atoms with Crippen LogP contribution in [0, 0.1) is 5.92 Å². The zero-order chi connectivity index (χ0) is 12.1. The molecule has 0 radical (unpaired) electrons. The molecule has 0 aliphatic rings. The number of thioether (sulfide) groups is 1. The van der Waals surface area contributed by atoms with E-state index in [4.69, 9.17) is 10.5 Å². The Bertz CT molecular complexity index is 339. The highest BCUT2D eigenvalue weighted by atomic mass is 32.2. The Morgan fingerprint density at radius 2 is 2.00 bits per heavy atom. The van der Waals surface area contributed by atoms with Crippen molar-refractivity contribution in [3.05, 3.63) is 23.8 Å². The molecule has 0 aliphatic carbocycles. The molecule has 0 amide bonds. The second-order valence-corrected chi connectivity index (χ2v) is 5.70. The van der Waals surface area contributed by atoms with Gasteiger partial charge in [0.2, 0.25) is 0 Å². The minimum Gasteiger partial charge on any atom is -0.496 e. The van der Waals surface area contributed by atoms with E-state index >= 15 is 0 Å². The number of anilines is 1. The predicted octanol–water partition coefficient (Wildman–Crippen LogP) is 3.56. The smallest absolute Gasteiger partial charge is 0.123 e. The maximum atomic E-state index is 5.78. The Hall–Kier alpha value is -0.830. The molecule has 1 aromatic carbocycles. The third-order valence-corrected chi connectivity index (χ3v) is 4.29. The number of rotatable bonds is 5. The average molecular weight is 239 g/mol. The highest BCUT2D eigenvalue weighted by Gasteiger charge is 2.10. The van der Waals surface area contributed by atoms with Gasteiger partial charge in [-0.1, -0.05) is 20.8 Å². The molecule has 2 nitrogen and oxygen atoms in total. The zero-order valence-corrected chi connectivity index (χ0v) is 11.3. The number of hydrogen-bond donors (Lipinski definition) is 1. The van der Waals surface area contributed by atoms with E-state index in [9.17, 15) is 0 Å². The van der Waals surface area contributed by atoms with Crippen LogP contribution in [-0.4, -0.2) is 12.4 Å². The van der Waals surface area contributed by atoms with Crippen molar-refractivity contribution >= 4 is 17.4 Å². The molecule has 16 heavy (non-hydrogen) atoms. The lowest BCUT2D eigenvalue weighted by molar-refractivity contribution is 0.411. The normalized spacial score (nSPS) is 12.8. The Morgan fingerprint density at radius 3 is 2.56 bits per heavy atom. The van der Waals surface area contributed by atoms with Crippen LogP contribution in [0.2, 0.25) is 0 Å². The van der Waals surface area contributed by atoms with Crippen LogP contribution in [0.4, 0.5) is 5.69 Å². The molecule has 2 N–H and O–H groups in total. The van der Waals surface area contributed by atoms with Crippen LogP contribution < -0.4 is 10.5 Å². The summed E-state index contributed by atoms with van der Waals surface area (Å²) in [5.74, 6) is 2.57. The first-order valence-electron chi connectivity index (χ1n) is 5.58. The van der Waals surface area contributed by atoms with Crippen LogP contribution in [0.1, 0.15) is 26.3 Å². The van der Waals surface area contributed by atoms with E-state index in [1.807, 2.05) is 30.0 Å². The summed E-state index contributed by atoms with van der Waals surface area (Å²) < 4.78 is 5.32. The lowest BCUT2D eigenvalue weighted by atomic mass is 10.2. The third kappa shape index (κ3) is 3.63. The van der Waals surface area contributed by atoms with E-state index in [1.165, 1.54) is 5.56 Å². The fourth-order valence-corrected chi connectivity index (χ4v) is 2.38. The fourth-order valence-electron chi connectivity index (χ4n) is 1.32. The SMILES string of the molecule is COc1ccc(N)cc1CSC(C)C(C)C. The molecule has 1 rings (SSSR count). The number of hydrogen-bond acceptors (Lipinski definition) is 3. The summed E-state index contributed by atoms with van der Waals surface area (Å²) in [5, 5.41) is 0.645. The summed E-state index contributed by atoms with van der Waals surface area (Å²) in [7, 11) is 1.70. The van der Waals surface area contributed by atoms with Crippen LogP contribution in [0.25, 0.3) is 0 Å². The van der Waals surface area contributed by atoms with E-state index in [1.54, 1.807) is 7.11 Å². The maximum absolute atomic E-state index is 5.78. The van der Waals surface area contributed by atoms with Crippen molar-refractivity contribution in [2.75, 3.05) is 12.8 Å². The Morgan fingerprint density at radius 1 is 1.31 bits per heavy atom. The molecule has 0 fully saturated rings. The van der Waals surface area contributed by atoms with Crippen LogP contribution in [0.5, 0.6) is 5.75 Å². The summed E-state index contributed by atoms with van der Waals surface area (Å²) in [5.41, 5.74) is 7.76. The van der Waals surface area contributed by atoms with Crippen LogP contribution >= 0.6 is 11.8 Å². The lowest BCUT2D eigenvalue weighted by Crippen LogP contribution is -2.06. The molecule has 0 saturated heterocycles. The van der Waals surface area contributed by atoms with Gasteiger partial charge < -0.3 is 10.5 Å². The van der Waals surface area contributed by atoms with Crippen molar-refractivity contribution < 1.29 is 4.74 Å². The van der Waals surface area contributed by atoms with Gasteiger partial charge in [0.05, 0.1) is 7.11 Å². The molecule has 1 atom stereocenters. The summed E-state index contributed by atoms with van der Waals surface area (Å²) in [6.45, 7) is 6.75. The van der Waals surface area contributed by atoms with Gasteiger partial charge >= 0.3 is 0 Å². The van der Waals surface area contributed by atoms with Gasteiger partial charge in [0, 0.05) is 22.3 Å². The molecule has 0 saturated carbocycles. The van der Waals surface area contributed by atoms with Crippen LogP contribution in [0.3, 0.4) is 0 Å². The Labute approximate surface area is 103 Å². The van der Waals surface area contributed by atoms with Gasteiger partial charge in [-0.3, -0.25) is 0 Å². The Balaban J connectivity index is 2.68. The Kier molecular flexibility index (Phi) is 5.00. The first-order valence-corrected chi connectivity index (χ1v) is 6.63. The number of nitrogens with two attached hydrogens (primary N) is 1. The second kappa shape index (κ2) is 6.04. The maximum Gasteiger partial charge on any atom is 0.123 e. The molecule has 1 aromatic rings. The fraction of sp³-hybridized carbons (Fsp3) is 0.538. The molecule has 90 valence electrons. The average Bonchev–Trinajstić information content (AvgIpc) is 2.25. The summed E-state index contributed by atoms with van der Waals surface area (Å²) in [6, 6.07) is 5.81. The number of nitrogen functional groups attached to an aromatic ring is 1. The molecule has 0 spiro atoms. The predicted molar refractivity (Wildman–Crippen MR) is 73.0 cm³/mol. The van der Waals surface area contributed by atoms with Crippen molar-refractivity contribution in [1.29, 1.82) is 0 Å². The van der Waals surface area contributed by atoms with E-state index in [0.29, 0.717) is 11.2 Å². The van der Waals surface area contributed by atoms with Gasteiger partial charge in [-0.2, -0.15) is 11.8 Å². The van der Waals surface area contributed by atoms with Gasteiger partial charge in [-0.05, 0) is 24.1 Å².